The lowest BCUT2D eigenvalue weighted by Gasteiger charge is -2.44. The number of anilines is 1. The van der Waals surface area contributed by atoms with E-state index in [9.17, 15) is 14.4 Å². The number of hydrogen-bond acceptors (Lipinski definition) is 5. The molecule has 172 valence electrons. The predicted octanol–water partition coefficient (Wildman–Crippen LogP) is 3.50. The molecule has 8 nitrogen and oxygen atoms in total. The average Bonchev–Trinajstić information content (AvgIpc) is 2.79. The molecule has 1 amide bonds. The first-order valence-corrected chi connectivity index (χ1v) is 11.3. The van der Waals surface area contributed by atoms with E-state index in [0.717, 1.165) is 24.8 Å². The van der Waals surface area contributed by atoms with Gasteiger partial charge >= 0.3 is 5.97 Å². The van der Waals surface area contributed by atoms with Gasteiger partial charge in [0.05, 0.1) is 5.54 Å². The predicted molar refractivity (Wildman–Crippen MR) is 125 cm³/mol. The first kappa shape index (κ1) is 22.6. The molecule has 1 saturated carbocycles. The van der Waals surface area contributed by atoms with Gasteiger partial charge in [0.25, 0.3) is 5.56 Å². The Morgan fingerprint density at radius 3 is 2.45 bits per heavy atom. The largest absolute Gasteiger partial charge is 0.481 e. The fourth-order valence-corrected chi connectivity index (χ4v) is 4.52. The smallest absolute Gasteiger partial charge is 0.303 e. The van der Waals surface area contributed by atoms with Crippen molar-refractivity contribution in [1.29, 1.82) is 0 Å². The molecule has 33 heavy (non-hydrogen) atoms. The summed E-state index contributed by atoms with van der Waals surface area (Å²) < 4.78 is 1.75. The number of nitrogens with zero attached hydrogens (tertiary/aromatic N) is 4. The van der Waals surface area contributed by atoms with E-state index in [4.69, 9.17) is 10.1 Å². The molecule has 2 aromatic heterocycles. The van der Waals surface area contributed by atoms with Gasteiger partial charge in [-0.05, 0) is 49.8 Å². The van der Waals surface area contributed by atoms with Crippen LogP contribution in [0.25, 0.3) is 11.2 Å². The number of carbonyl (C=O) groups is 2. The fraction of sp³-hybridized carbons (Fsp3) is 0.400. The lowest BCUT2D eigenvalue weighted by Crippen LogP contribution is -2.48. The van der Waals surface area contributed by atoms with Crippen molar-refractivity contribution in [3.63, 3.8) is 0 Å². The van der Waals surface area contributed by atoms with Gasteiger partial charge in [-0.25, -0.2) is 9.97 Å². The van der Waals surface area contributed by atoms with E-state index in [1.165, 1.54) is 4.90 Å². The van der Waals surface area contributed by atoms with E-state index < -0.39 is 11.5 Å². The van der Waals surface area contributed by atoms with Gasteiger partial charge in [0.15, 0.2) is 5.65 Å². The van der Waals surface area contributed by atoms with Gasteiger partial charge in [0.2, 0.25) is 5.91 Å². The number of carbonyl (C=O) groups excluding carboxylic acids is 1. The molecular weight excluding hydrogens is 420 g/mol. The Bertz CT molecular complexity index is 1250. The zero-order valence-electron chi connectivity index (χ0n) is 19.0. The zero-order chi connectivity index (χ0) is 23.6. The number of aryl methyl sites for hydroxylation is 1. The third-order valence-electron chi connectivity index (χ3n) is 6.50. The van der Waals surface area contributed by atoms with E-state index >= 15 is 0 Å². The minimum absolute atomic E-state index is 0.0237. The molecule has 0 aliphatic heterocycles. The maximum absolute atomic E-state index is 13.8. The second kappa shape index (κ2) is 9.13. The van der Waals surface area contributed by atoms with Crippen molar-refractivity contribution in [3.05, 3.63) is 64.1 Å². The monoisotopic (exact) mass is 448 g/mol. The van der Waals surface area contributed by atoms with Crippen molar-refractivity contribution in [1.82, 2.24) is 14.5 Å². The van der Waals surface area contributed by atoms with Crippen LogP contribution in [-0.4, -0.2) is 38.6 Å². The number of amides is 1. The van der Waals surface area contributed by atoms with Gasteiger partial charge in [0, 0.05) is 19.9 Å². The second-order valence-electron chi connectivity index (χ2n) is 8.52. The highest BCUT2D eigenvalue weighted by Gasteiger charge is 2.43. The molecule has 0 unspecified atom stereocenters. The van der Waals surface area contributed by atoms with Crippen LogP contribution < -0.4 is 10.5 Å². The highest BCUT2D eigenvalue weighted by Crippen LogP contribution is 2.45. The Morgan fingerprint density at radius 2 is 1.85 bits per heavy atom. The van der Waals surface area contributed by atoms with Crippen LogP contribution >= 0.6 is 0 Å². The Kier molecular flexibility index (Phi) is 6.26. The summed E-state index contributed by atoms with van der Waals surface area (Å²) in [7, 11) is 1.67. The minimum Gasteiger partial charge on any atom is -0.481 e. The summed E-state index contributed by atoms with van der Waals surface area (Å²) in [6.07, 6.45) is 3.50. The maximum atomic E-state index is 13.8. The summed E-state index contributed by atoms with van der Waals surface area (Å²) in [4.78, 5) is 47.8. The third kappa shape index (κ3) is 4.13. The molecule has 1 aliphatic carbocycles. The van der Waals surface area contributed by atoms with Gasteiger partial charge < -0.3 is 5.11 Å². The summed E-state index contributed by atoms with van der Waals surface area (Å²) in [5.41, 5.74) is 1.60. The number of aromatic nitrogens is 3. The summed E-state index contributed by atoms with van der Waals surface area (Å²) in [6.45, 7) is 1.79. The number of benzene rings is 1. The highest BCUT2D eigenvalue weighted by atomic mass is 16.4. The molecule has 1 aliphatic rings. The number of rotatable bonds is 8. The van der Waals surface area contributed by atoms with Gasteiger partial charge in [-0.1, -0.05) is 37.3 Å². The molecule has 0 radical (unpaired) electrons. The van der Waals surface area contributed by atoms with E-state index in [1.807, 2.05) is 30.3 Å². The first-order chi connectivity index (χ1) is 15.9. The topological polar surface area (TPSA) is 105 Å². The van der Waals surface area contributed by atoms with E-state index in [0.29, 0.717) is 35.5 Å². The normalized spacial score (nSPS) is 14.6. The lowest BCUT2D eigenvalue weighted by molar-refractivity contribution is -0.137. The number of hydrogen-bond donors (Lipinski definition) is 1. The molecule has 0 spiro atoms. The lowest BCUT2D eigenvalue weighted by atomic mass is 9.71. The number of fused-ring (bicyclic) bond motifs is 1. The van der Waals surface area contributed by atoms with E-state index in [2.05, 4.69) is 4.98 Å². The molecule has 0 saturated heterocycles. The highest BCUT2D eigenvalue weighted by molar-refractivity contribution is 5.92. The fourth-order valence-electron chi connectivity index (χ4n) is 4.52. The van der Waals surface area contributed by atoms with Crippen molar-refractivity contribution in [2.75, 3.05) is 11.9 Å². The van der Waals surface area contributed by atoms with Crippen molar-refractivity contribution >= 4 is 28.9 Å². The zero-order valence-corrected chi connectivity index (χ0v) is 19.0. The molecule has 0 atom stereocenters. The van der Waals surface area contributed by atoms with Crippen molar-refractivity contribution in [2.45, 2.75) is 57.4 Å². The van der Waals surface area contributed by atoms with Crippen LogP contribution in [-0.2, 0) is 21.5 Å². The Morgan fingerprint density at radius 1 is 1.12 bits per heavy atom. The van der Waals surface area contributed by atoms with Gasteiger partial charge in [-0.2, -0.15) is 0 Å². The molecule has 8 heteroatoms. The van der Waals surface area contributed by atoms with Crippen molar-refractivity contribution in [3.8, 4) is 0 Å². The van der Waals surface area contributed by atoms with Crippen LogP contribution in [0.1, 0.15) is 56.7 Å². The molecule has 4 rings (SSSR count). The first-order valence-electron chi connectivity index (χ1n) is 11.3. The summed E-state index contributed by atoms with van der Waals surface area (Å²) in [5.74, 6) is -0.508. The molecular formula is C25H28N4O4. The van der Waals surface area contributed by atoms with Crippen LogP contribution in [0.15, 0.2) is 47.3 Å². The molecule has 0 bridgehead atoms. The average molecular weight is 449 g/mol. The molecule has 3 aromatic rings. The van der Waals surface area contributed by atoms with Gasteiger partial charge in [0.1, 0.15) is 17.0 Å². The number of carboxylic acids is 1. The quantitative estimate of drug-likeness (QED) is 0.565. The Hall–Kier alpha value is -3.55. The summed E-state index contributed by atoms with van der Waals surface area (Å²) in [5, 5.41) is 9.01. The maximum Gasteiger partial charge on any atom is 0.303 e. The van der Waals surface area contributed by atoms with Crippen molar-refractivity contribution < 1.29 is 14.7 Å². The van der Waals surface area contributed by atoms with Crippen molar-refractivity contribution in [2.24, 2.45) is 0 Å². The van der Waals surface area contributed by atoms with Gasteiger partial charge in [-0.3, -0.25) is 23.9 Å². The molecule has 1 aromatic carbocycles. The van der Waals surface area contributed by atoms with E-state index in [-0.39, 0.29) is 24.3 Å². The SMILES string of the molecule is CCC(=O)N(C)c1ccc2nc(CCCC(=O)O)c(=O)n(C3(c4ccccc4)CCC3)c2n1. The number of carboxylic acid groups (broad SMARTS) is 1. The minimum atomic E-state index is -0.897. The standard InChI is InChI=1S/C25H28N4O4/c1-3-21(30)28(2)20-14-13-18-23(27-20)29(24(33)19(26-18)11-7-12-22(31)32)25(15-8-16-25)17-9-5-4-6-10-17/h4-6,9-10,13-14H,3,7-8,11-12,15-16H2,1-2H3,(H,31,32). The molecule has 1 N–H and O–H groups in total. The molecule has 2 heterocycles. The Balaban J connectivity index is 1.93. The third-order valence-corrected chi connectivity index (χ3v) is 6.50. The molecule has 1 fully saturated rings. The number of pyridine rings is 1. The van der Waals surface area contributed by atoms with Gasteiger partial charge in [-0.15, -0.1) is 0 Å². The van der Waals surface area contributed by atoms with Crippen LogP contribution in [0.2, 0.25) is 0 Å². The van der Waals surface area contributed by atoms with Crippen LogP contribution in [0.5, 0.6) is 0 Å². The van der Waals surface area contributed by atoms with Crippen LogP contribution in [0.3, 0.4) is 0 Å². The van der Waals surface area contributed by atoms with Crippen LogP contribution in [0, 0.1) is 0 Å². The number of aliphatic carboxylic acids is 1. The Labute approximate surface area is 191 Å². The van der Waals surface area contributed by atoms with Crippen LogP contribution in [0.4, 0.5) is 5.82 Å². The second-order valence-corrected chi connectivity index (χ2v) is 8.52. The summed E-state index contributed by atoms with van der Waals surface area (Å²) >= 11 is 0. The van der Waals surface area contributed by atoms with E-state index in [1.54, 1.807) is 30.7 Å². The summed E-state index contributed by atoms with van der Waals surface area (Å²) in [6, 6.07) is 13.4.